The van der Waals surface area contributed by atoms with Crippen molar-refractivity contribution in [1.82, 2.24) is 4.98 Å². The summed E-state index contributed by atoms with van der Waals surface area (Å²) >= 11 is 3.12. The highest BCUT2D eigenvalue weighted by Gasteiger charge is 1.58. The van der Waals surface area contributed by atoms with Crippen molar-refractivity contribution in [2.24, 2.45) is 5.73 Å². The van der Waals surface area contributed by atoms with Gasteiger partial charge < -0.3 is 5.73 Å². The molecule has 0 aliphatic carbocycles. The monoisotopic (exact) mass is 202 g/mol. The molecule has 56 valence electrons. The van der Waals surface area contributed by atoms with Gasteiger partial charge in [-0.25, -0.2) is 0 Å². The third-order valence-corrected chi connectivity index (χ3v) is 1.13. The number of alkyl halides is 1. The van der Waals surface area contributed by atoms with Crippen LogP contribution in [0.5, 0.6) is 0 Å². The number of hydrogen-bond donors (Lipinski definition) is 1. The Hall–Kier alpha value is -0.410. The normalized spacial score (nSPS) is 7.80. The Labute approximate surface area is 69.6 Å². The highest BCUT2D eigenvalue weighted by molar-refractivity contribution is 9.09. The fourth-order valence-electron chi connectivity index (χ4n) is 0.313. The van der Waals surface area contributed by atoms with E-state index in [-0.39, 0.29) is 0 Å². The summed E-state index contributed by atoms with van der Waals surface area (Å²) in [7, 11) is 0. The Bertz CT molecular complexity index is 104. The molecular weight excluding hydrogens is 192 g/mol. The number of hydrogen-bond acceptors (Lipinski definition) is 2. The van der Waals surface area contributed by atoms with E-state index in [1.54, 1.807) is 12.4 Å². The van der Waals surface area contributed by atoms with Crippen LogP contribution in [0.2, 0.25) is 0 Å². The van der Waals surface area contributed by atoms with Crippen molar-refractivity contribution in [2.75, 3.05) is 11.9 Å². The fraction of sp³-hybridized carbons (Fsp3) is 0.286. The summed E-state index contributed by atoms with van der Waals surface area (Å²) in [4.78, 5) is 3.78. The van der Waals surface area contributed by atoms with Gasteiger partial charge in [-0.2, -0.15) is 0 Å². The van der Waals surface area contributed by atoms with Gasteiger partial charge in [-0.05, 0) is 12.1 Å². The number of nitrogens with zero attached hydrogens (tertiary/aromatic N) is 1. The first-order chi connectivity index (χ1) is 4.91. The Balaban J connectivity index is 0.000000180. The van der Waals surface area contributed by atoms with Gasteiger partial charge in [0.2, 0.25) is 0 Å². The summed E-state index contributed by atoms with van der Waals surface area (Å²) in [6.07, 6.45) is 3.50. The summed E-state index contributed by atoms with van der Waals surface area (Å²) in [5, 5.41) is 0.910. The molecule has 1 heterocycles. The van der Waals surface area contributed by atoms with Crippen molar-refractivity contribution in [3.8, 4) is 0 Å². The van der Waals surface area contributed by atoms with Gasteiger partial charge in [0.1, 0.15) is 0 Å². The minimum atomic E-state index is 0.736. The molecule has 0 saturated heterocycles. The van der Waals surface area contributed by atoms with Crippen LogP contribution < -0.4 is 5.73 Å². The van der Waals surface area contributed by atoms with Crippen LogP contribution in [0.15, 0.2) is 30.6 Å². The second-order valence-electron chi connectivity index (χ2n) is 1.50. The summed E-state index contributed by atoms with van der Waals surface area (Å²) in [5.74, 6) is 0. The molecule has 1 rings (SSSR count). The number of halogens is 1. The molecule has 0 atom stereocenters. The van der Waals surface area contributed by atoms with E-state index >= 15 is 0 Å². The van der Waals surface area contributed by atoms with E-state index in [0.717, 1.165) is 11.9 Å². The highest BCUT2D eigenvalue weighted by Crippen LogP contribution is 1.73. The van der Waals surface area contributed by atoms with Crippen LogP contribution in [0, 0.1) is 0 Å². The Morgan fingerprint density at radius 3 is 1.80 bits per heavy atom. The lowest BCUT2D eigenvalue weighted by Crippen LogP contribution is -1.97. The van der Waals surface area contributed by atoms with E-state index in [1.165, 1.54) is 0 Å². The average Bonchev–Trinajstić information content (AvgIpc) is 2.08. The van der Waals surface area contributed by atoms with Crippen LogP contribution in [0.4, 0.5) is 0 Å². The van der Waals surface area contributed by atoms with Crippen LogP contribution in [-0.2, 0) is 0 Å². The maximum absolute atomic E-state index is 4.98. The van der Waals surface area contributed by atoms with Crippen molar-refractivity contribution in [3.63, 3.8) is 0 Å². The smallest absolute Gasteiger partial charge is 0.0267 e. The highest BCUT2D eigenvalue weighted by atomic mass is 79.9. The minimum Gasteiger partial charge on any atom is -0.330 e. The molecule has 0 radical (unpaired) electrons. The zero-order valence-corrected chi connectivity index (χ0v) is 7.29. The summed E-state index contributed by atoms with van der Waals surface area (Å²) in [6.45, 7) is 0.736. The molecule has 0 saturated carbocycles. The zero-order valence-electron chi connectivity index (χ0n) is 5.70. The van der Waals surface area contributed by atoms with Gasteiger partial charge in [0.25, 0.3) is 0 Å². The van der Waals surface area contributed by atoms with Gasteiger partial charge in [-0.15, -0.1) is 0 Å². The van der Waals surface area contributed by atoms with Crippen molar-refractivity contribution in [3.05, 3.63) is 30.6 Å². The van der Waals surface area contributed by atoms with Crippen molar-refractivity contribution < 1.29 is 0 Å². The first kappa shape index (κ1) is 9.59. The molecule has 0 bridgehead atoms. The van der Waals surface area contributed by atoms with Crippen molar-refractivity contribution in [1.29, 1.82) is 0 Å². The van der Waals surface area contributed by atoms with E-state index in [2.05, 4.69) is 20.9 Å². The SMILES string of the molecule is NCCBr.c1ccncc1. The van der Waals surface area contributed by atoms with E-state index in [4.69, 9.17) is 5.73 Å². The van der Waals surface area contributed by atoms with E-state index in [9.17, 15) is 0 Å². The van der Waals surface area contributed by atoms with E-state index in [0.29, 0.717) is 0 Å². The number of pyridine rings is 1. The zero-order chi connectivity index (χ0) is 7.66. The molecule has 2 N–H and O–H groups in total. The maximum atomic E-state index is 4.98. The Kier molecular flexibility index (Phi) is 8.24. The topological polar surface area (TPSA) is 38.9 Å². The van der Waals surface area contributed by atoms with Crippen LogP contribution in [-0.4, -0.2) is 16.9 Å². The second kappa shape index (κ2) is 8.59. The molecule has 10 heavy (non-hydrogen) atoms. The summed E-state index contributed by atoms with van der Waals surface area (Å²) < 4.78 is 0. The van der Waals surface area contributed by atoms with Crippen LogP contribution in [0.1, 0.15) is 0 Å². The summed E-state index contributed by atoms with van der Waals surface area (Å²) in [6, 6.07) is 5.72. The lowest BCUT2D eigenvalue weighted by molar-refractivity contribution is 1.16. The molecular formula is C7H11BrN2. The standard InChI is InChI=1S/C5H5N.C2H6BrN/c1-2-4-6-5-3-1;3-1-2-4/h1-5H;1-2,4H2. The Morgan fingerprint density at radius 1 is 1.20 bits per heavy atom. The second-order valence-corrected chi connectivity index (χ2v) is 2.30. The molecule has 0 aromatic carbocycles. The van der Waals surface area contributed by atoms with Gasteiger partial charge in [0, 0.05) is 24.3 Å². The molecule has 0 amide bonds. The number of nitrogens with two attached hydrogens (primary N) is 1. The van der Waals surface area contributed by atoms with Crippen LogP contribution in [0.25, 0.3) is 0 Å². The fourth-order valence-corrected chi connectivity index (χ4v) is 0.313. The largest absolute Gasteiger partial charge is 0.330 e. The predicted molar refractivity (Wildman–Crippen MR) is 47.1 cm³/mol. The van der Waals surface area contributed by atoms with Gasteiger partial charge in [0.05, 0.1) is 0 Å². The minimum absolute atomic E-state index is 0.736. The van der Waals surface area contributed by atoms with Crippen LogP contribution >= 0.6 is 15.9 Å². The molecule has 0 aliphatic rings. The molecule has 0 unspecified atom stereocenters. The number of rotatable bonds is 1. The first-order valence-electron chi connectivity index (χ1n) is 3.03. The third-order valence-electron chi connectivity index (χ3n) is 0.676. The lowest BCUT2D eigenvalue weighted by Gasteiger charge is -1.70. The molecule has 1 aromatic rings. The van der Waals surface area contributed by atoms with Gasteiger partial charge in [-0.3, -0.25) is 4.98 Å². The van der Waals surface area contributed by atoms with Crippen LogP contribution in [0.3, 0.4) is 0 Å². The lowest BCUT2D eigenvalue weighted by atomic mass is 10.5. The first-order valence-corrected chi connectivity index (χ1v) is 4.15. The molecule has 2 nitrogen and oxygen atoms in total. The molecule has 0 spiro atoms. The van der Waals surface area contributed by atoms with Gasteiger partial charge in [-0.1, -0.05) is 22.0 Å². The molecule has 0 aliphatic heterocycles. The average molecular weight is 203 g/mol. The maximum Gasteiger partial charge on any atom is 0.0267 e. The van der Waals surface area contributed by atoms with Crippen molar-refractivity contribution in [2.45, 2.75) is 0 Å². The van der Waals surface area contributed by atoms with Gasteiger partial charge in [0.15, 0.2) is 0 Å². The molecule has 3 heteroatoms. The van der Waals surface area contributed by atoms with Gasteiger partial charge >= 0.3 is 0 Å². The van der Waals surface area contributed by atoms with E-state index < -0.39 is 0 Å². The third kappa shape index (κ3) is 7.59. The molecule has 1 aromatic heterocycles. The summed E-state index contributed by atoms with van der Waals surface area (Å²) in [5.41, 5.74) is 4.98. The van der Waals surface area contributed by atoms with Crippen molar-refractivity contribution >= 4 is 15.9 Å². The molecule has 0 fully saturated rings. The van der Waals surface area contributed by atoms with E-state index in [1.807, 2.05) is 18.2 Å². The predicted octanol–water partition coefficient (Wildman–Crippen LogP) is 1.42. The Morgan fingerprint density at radius 2 is 1.70 bits per heavy atom. The number of aromatic nitrogens is 1. The quantitative estimate of drug-likeness (QED) is 0.701.